The second kappa shape index (κ2) is 8.40. The predicted octanol–water partition coefficient (Wildman–Crippen LogP) is 3.07. The van der Waals surface area contributed by atoms with Crippen LogP contribution in [0.1, 0.15) is 44.9 Å². The van der Waals surface area contributed by atoms with Crippen LogP contribution in [0.5, 0.6) is 0 Å². The Labute approximate surface area is 154 Å². The Morgan fingerprint density at radius 3 is 2.23 bits per heavy atom. The first-order valence-corrected chi connectivity index (χ1v) is 8.92. The van der Waals surface area contributed by atoms with Crippen LogP contribution in [0, 0.1) is 0 Å². The van der Waals surface area contributed by atoms with Gasteiger partial charge in [0, 0.05) is 32.7 Å². The van der Waals surface area contributed by atoms with Gasteiger partial charge in [0.1, 0.15) is 5.60 Å². The molecule has 0 spiro atoms. The van der Waals surface area contributed by atoms with Crippen LogP contribution < -0.4 is 5.32 Å². The van der Waals surface area contributed by atoms with E-state index in [-0.39, 0.29) is 6.04 Å². The van der Waals surface area contributed by atoms with Gasteiger partial charge in [0.2, 0.25) is 0 Å². The summed E-state index contributed by atoms with van der Waals surface area (Å²) in [7, 11) is 0. The van der Waals surface area contributed by atoms with Gasteiger partial charge < -0.3 is 20.1 Å². The van der Waals surface area contributed by atoms with E-state index in [1.54, 1.807) is 0 Å². The molecule has 0 bridgehead atoms. The van der Waals surface area contributed by atoms with Crippen LogP contribution in [0.4, 0.5) is 9.59 Å². The maximum atomic E-state index is 11.9. The summed E-state index contributed by atoms with van der Waals surface area (Å²) < 4.78 is 5.28. The summed E-state index contributed by atoms with van der Waals surface area (Å²) in [6, 6.07) is 7.96. The number of carboxylic acid groups (broad SMARTS) is 1. The van der Waals surface area contributed by atoms with E-state index in [0.29, 0.717) is 13.1 Å². The second-order valence-electron chi connectivity index (χ2n) is 7.66. The number of hydrogen-bond acceptors (Lipinski definition) is 4. The van der Waals surface area contributed by atoms with E-state index in [1.807, 2.05) is 52.0 Å². The number of piperazine rings is 1. The fraction of sp³-hybridized carbons (Fsp3) is 0.579. The van der Waals surface area contributed by atoms with Gasteiger partial charge in [-0.1, -0.05) is 24.3 Å². The molecule has 144 valence electrons. The van der Waals surface area contributed by atoms with Crippen molar-refractivity contribution in [1.82, 2.24) is 15.1 Å². The summed E-state index contributed by atoms with van der Waals surface area (Å²) >= 11 is 0. The molecule has 1 aliphatic rings. The Balaban J connectivity index is 1.84. The van der Waals surface area contributed by atoms with Crippen LogP contribution in [0.2, 0.25) is 0 Å². The number of hydrogen-bond donors (Lipinski definition) is 2. The molecule has 0 unspecified atom stereocenters. The van der Waals surface area contributed by atoms with Gasteiger partial charge in [-0.05, 0) is 38.8 Å². The SMILES string of the molecule is C[C@H](NC(=O)OC(C)(C)C)c1ccc(CN2CCN(C(=O)O)CC2)cc1. The van der Waals surface area contributed by atoms with E-state index in [2.05, 4.69) is 10.2 Å². The second-order valence-corrected chi connectivity index (χ2v) is 7.66. The summed E-state index contributed by atoms with van der Waals surface area (Å²) in [6.07, 6.45) is -1.27. The third kappa shape index (κ3) is 6.22. The molecule has 2 amide bonds. The summed E-state index contributed by atoms with van der Waals surface area (Å²) in [4.78, 5) is 26.5. The topological polar surface area (TPSA) is 82.1 Å². The minimum atomic E-state index is -0.847. The van der Waals surface area contributed by atoms with Gasteiger partial charge >= 0.3 is 12.2 Å². The van der Waals surface area contributed by atoms with Gasteiger partial charge in [-0.15, -0.1) is 0 Å². The molecule has 0 radical (unpaired) electrons. The average Bonchev–Trinajstić information content (AvgIpc) is 2.54. The first-order valence-electron chi connectivity index (χ1n) is 8.92. The molecular formula is C19H29N3O4. The van der Waals surface area contributed by atoms with E-state index in [9.17, 15) is 9.59 Å². The Bertz CT molecular complexity index is 617. The summed E-state index contributed by atoms with van der Waals surface area (Å²) in [5, 5.41) is 11.8. The molecule has 0 saturated carbocycles. The third-order valence-corrected chi connectivity index (χ3v) is 4.26. The highest BCUT2D eigenvalue weighted by atomic mass is 16.6. The van der Waals surface area contributed by atoms with Gasteiger partial charge in [0.05, 0.1) is 6.04 Å². The van der Waals surface area contributed by atoms with Crippen molar-refractivity contribution in [3.63, 3.8) is 0 Å². The van der Waals surface area contributed by atoms with Crippen molar-refractivity contribution >= 4 is 12.2 Å². The van der Waals surface area contributed by atoms with E-state index < -0.39 is 17.8 Å². The number of carbonyl (C=O) groups is 2. The minimum Gasteiger partial charge on any atom is -0.465 e. The zero-order valence-corrected chi connectivity index (χ0v) is 16.0. The normalized spacial score (nSPS) is 16.8. The highest BCUT2D eigenvalue weighted by Crippen LogP contribution is 2.16. The predicted molar refractivity (Wildman–Crippen MR) is 99.1 cm³/mol. The standard InChI is InChI=1S/C19H29N3O4/c1-14(20-17(23)26-19(2,3)4)16-7-5-15(6-8-16)13-21-9-11-22(12-10-21)18(24)25/h5-8,14H,9-13H2,1-4H3,(H,20,23)(H,24,25)/t14-/m0/s1. The van der Waals surface area contributed by atoms with Crippen molar-refractivity contribution in [3.8, 4) is 0 Å². The number of nitrogens with one attached hydrogen (secondary N) is 1. The van der Waals surface area contributed by atoms with E-state index in [0.717, 1.165) is 25.2 Å². The van der Waals surface area contributed by atoms with Crippen molar-refractivity contribution in [2.24, 2.45) is 0 Å². The van der Waals surface area contributed by atoms with Gasteiger partial charge in [0.15, 0.2) is 0 Å². The van der Waals surface area contributed by atoms with Crippen LogP contribution in [0.25, 0.3) is 0 Å². The van der Waals surface area contributed by atoms with Crippen LogP contribution in [-0.4, -0.2) is 58.9 Å². The molecule has 1 fully saturated rings. The largest absolute Gasteiger partial charge is 0.465 e. The van der Waals surface area contributed by atoms with Crippen LogP contribution in [0.15, 0.2) is 24.3 Å². The number of benzene rings is 1. The molecule has 26 heavy (non-hydrogen) atoms. The van der Waals surface area contributed by atoms with E-state index in [4.69, 9.17) is 9.84 Å². The van der Waals surface area contributed by atoms with E-state index in [1.165, 1.54) is 10.5 Å². The van der Waals surface area contributed by atoms with Gasteiger partial charge in [-0.25, -0.2) is 9.59 Å². The summed E-state index contributed by atoms with van der Waals surface area (Å²) in [5.41, 5.74) is 1.66. The Kier molecular flexibility index (Phi) is 6.47. The van der Waals surface area contributed by atoms with Crippen molar-refractivity contribution in [1.29, 1.82) is 0 Å². The highest BCUT2D eigenvalue weighted by molar-refractivity contribution is 5.68. The first kappa shape index (κ1) is 20.0. The quantitative estimate of drug-likeness (QED) is 0.859. The third-order valence-electron chi connectivity index (χ3n) is 4.26. The molecule has 1 aromatic rings. The summed E-state index contributed by atoms with van der Waals surface area (Å²) in [5.74, 6) is 0. The number of nitrogens with zero attached hydrogens (tertiary/aromatic N) is 2. The fourth-order valence-corrected chi connectivity index (χ4v) is 2.83. The number of alkyl carbamates (subject to hydrolysis) is 1. The number of rotatable bonds is 4. The minimum absolute atomic E-state index is 0.141. The monoisotopic (exact) mass is 363 g/mol. The molecule has 2 N–H and O–H groups in total. The highest BCUT2D eigenvalue weighted by Gasteiger charge is 2.21. The molecule has 7 heteroatoms. The first-order chi connectivity index (χ1) is 12.1. The molecule has 0 aliphatic carbocycles. The molecule has 1 saturated heterocycles. The van der Waals surface area contributed by atoms with Crippen LogP contribution >= 0.6 is 0 Å². The zero-order valence-electron chi connectivity index (χ0n) is 16.0. The zero-order chi connectivity index (χ0) is 19.3. The summed E-state index contributed by atoms with van der Waals surface area (Å²) in [6.45, 7) is 10.8. The molecule has 0 aromatic heterocycles. The van der Waals surface area contributed by atoms with E-state index >= 15 is 0 Å². The molecular weight excluding hydrogens is 334 g/mol. The Hall–Kier alpha value is -2.28. The molecule has 1 aliphatic heterocycles. The van der Waals surface area contributed by atoms with Crippen molar-refractivity contribution in [3.05, 3.63) is 35.4 Å². The lowest BCUT2D eigenvalue weighted by Gasteiger charge is -2.33. The number of carbonyl (C=O) groups excluding carboxylic acids is 1. The molecule has 7 nitrogen and oxygen atoms in total. The van der Waals surface area contributed by atoms with Gasteiger partial charge in [-0.2, -0.15) is 0 Å². The molecule has 1 atom stereocenters. The van der Waals surface area contributed by atoms with Gasteiger partial charge in [0.25, 0.3) is 0 Å². The van der Waals surface area contributed by atoms with Crippen LogP contribution in [-0.2, 0) is 11.3 Å². The molecule has 1 aromatic carbocycles. The smallest absolute Gasteiger partial charge is 0.408 e. The van der Waals surface area contributed by atoms with Crippen molar-refractivity contribution in [2.45, 2.75) is 45.9 Å². The number of ether oxygens (including phenoxy) is 1. The Morgan fingerprint density at radius 1 is 1.15 bits per heavy atom. The van der Waals surface area contributed by atoms with Crippen molar-refractivity contribution < 1.29 is 19.4 Å². The van der Waals surface area contributed by atoms with Gasteiger partial charge in [-0.3, -0.25) is 4.90 Å². The van der Waals surface area contributed by atoms with Crippen LogP contribution in [0.3, 0.4) is 0 Å². The lowest BCUT2D eigenvalue weighted by atomic mass is 10.1. The lowest BCUT2D eigenvalue weighted by molar-refractivity contribution is 0.0508. The maximum absolute atomic E-state index is 11.9. The lowest BCUT2D eigenvalue weighted by Crippen LogP contribution is -2.47. The Morgan fingerprint density at radius 2 is 1.73 bits per heavy atom. The fourth-order valence-electron chi connectivity index (χ4n) is 2.83. The maximum Gasteiger partial charge on any atom is 0.408 e. The molecule has 2 rings (SSSR count). The van der Waals surface area contributed by atoms with Crippen molar-refractivity contribution in [2.75, 3.05) is 26.2 Å². The molecule has 1 heterocycles. The number of amides is 2. The average molecular weight is 363 g/mol.